The lowest BCUT2D eigenvalue weighted by Gasteiger charge is -2.13. The highest BCUT2D eigenvalue weighted by Gasteiger charge is 2.27. The molecule has 3 aromatic rings. The molecular formula is C23H24N4O3S. The number of carbonyl (C=O) groups excluding carboxylic acids is 1. The van der Waals surface area contributed by atoms with E-state index in [9.17, 15) is 13.2 Å². The zero-order valence-corrected chi connectivity index (χ0v) is 17.8. The predicted octanol–water partition coefficient (Wildman–Crippen LogP) is 2.70. The predicted molar refractivity (Wildman–Crippen MR) is 121 cm³/mol. The second-order valence-corrected chi connectivity index (χ2v) is 9.36. The topological polar surface area (TPSA) is 84.3 Å². The zero-order valence-electron chi connectivity index (χ0n) is 17.0. The van der Waals surface area contributed by atoms with Crippen molar-refractivity contribution in [3.8, 4) is 16.9 Å². The van der Waals surface area contributed by atoms with Crippen molar-refractivity contribution in [2.75, 3.05) is 25.4 Å². The van der Waals surface area contributed by atoms with Crippen molar-refractivity contribution in [2.45, 2.75) is 6.42 Å². The van der Waals surface area contributed by atoms with E-state index in [1.165, 1.54) is 10.4 Å². The molecule has 1 aliphatic heterocycles. The Hall–Kier alpha value is -3.23. The van der Waals surface area contributed by atoms with Gasteiger partial charge in [-0.15, -0.1) is 0 Å². The van der Waals surface area contributed by atoms with Gasteiger partial charge >= 0.3 is 0 Å². The van der Waals surface area contributed by atoms with Crippen molar-refractivity contribution in [1.82, 2.24) is 19.4 Å². The van der Waals surface area contributed by atoms with Gasteiger partial charge in [-0.1, -0.05) is 48.5 Å². The van der Waals surface area contributed by atoms with E-state index in [0.29, 0.717) is 19.5 Å². The Morgan fingerprint density at radius 3 is 2.45 bits per heavy atom. The second kappa shape index (κ2) is 9.28. The molecule has 7 nitrogen and oxygen atoms in total. The molecule has 2 heterocycles. The lowest BCUT2D eigenvalue weighted by Crippen LogP contribution is -2.35. The minimum absolute atomic E-state index is 0.189. The second-order valence-electron chi connectivity index (χ2n) is 7.27. The molecule has 0 radical (unpaired) electrons. The maximum absolute atomic E-state index is 12.3. The number of hydrogen-bond acceptors (Lipinski definition) is 4. The minimum atomic E-state index is -3.15. The summed E-state index contributed by atoms with van der Waals surface area (Å²) in [7, 11) is -3.15. The van der Waals surface area contributed by atoms with Gasteiger partial charge in [-0.05, 0) is 24.6 Å². The van der Waals surface area contributed by atoms with Crippen LogP contribution in [0.25, 0.3) is 23.0 Å². The summed E-state index contributed by atoms with van der Waals surface area (Å²) in [6.45, 7) is 1.09. The molecule has 0 spiro atoms. The maximum atomic E-state index is 12.3. The first-order chi connectivity index (χ1) is 15.0. The van der Waals surface area contributed by atoms with Crippen LogP contribution in [-0.2, 0) is 14.8 Å². The molecule has 1 fully saturated rings. The summed E-state index contributed by atoms with van der Waals surface area (Å²) in [6, 6.07) is 19.6. The summed E-state index contributed by atoms with van der Waals surface area (Å²) in [4.78, 5) is 12.3. The Morgan fingerprint density at radius 1 is 1.06 bits per heavy atom. The van der Waals surface area contributed by atoms with Gasteiger partial charge in [0.05, 0.1) is 17.1 Å². The molecule has 160 valence electrons. The first-order valence-corrected chi connectivity index (χ1v) is 11.8. The summed E-state index contributed by atoms with van der Waals surface area (Å²) >= 11 is 0. The van der Waals surface area contributed by atoms with Crippen LogP contribution in [0, 0.1) is 0 Å². The number of hydrogen-bond donors (Lipinski definition) is 1. The first kappa shape index (κ1) is 21.0. The van der Waals surface area contributed by atoms with E-state index < -0.39 is 10.0 Å². The quantitative estimate of drug-likeness (QED) is 0.577. The van der Waals surface area contributed by atoms with E-state index in [1.54, 1.807) is 10.8 Å². The fourth-order valence-electron chi connectivity index (χ4n) is 3.51. The van der Waals surface area contributed by atoms with E-state index in [1.807, 2.05) is 66.9 Å². The molecule has 0 unspecified atom stereocenters. The number of nitrogens with one attached hydrogen (secondary N) is 1. The summed E-state index contributed by atoms with van der Waals surface area (Å²) in [5, 5.41) is 7.48. The van der Waals surface area contributed by atoms with Crippen molar-refractivity contribution in [1.29, 1.82) is 0 Å². The highest BCUT2D eigenvalue weighted by atomic mass is 32.2. The third-order valence-electron chi connectivity index (χ3n) is 5.09. The standard InChI is InChI=1S/C23H24N4O3S/c28-22(24-14-16-26-15-7-17-31(26,29)30)13-12-20-18-27(21-10-5-2-6-11-21)25-23(20)19-8-3-1-4-9-19/h1-6,8-13,18H,7,14-17H2,(H,24,28)/b13-12-. The Labute approximate surface area is 182 Å². The van der Waals surface area contributed by atoms with Crippen LogP contribution in [0.2, 0.25) is 0 Å². The van der Waals surface area contributed by atoms with Gasteiger partial charge in [0.2, 0.25) is 15.9 Å². The van der Waals surface area contributed by atoms with Gasteiger partial charge in [0.15, 0.2) is 0 Å². The molecule has 0 aliphatic carbocycles. The monoisotopic (exact) mass is 436 g/mol. The van der Waals surface area contributed by atoms with Crippen molar-refractivity contribution < 1.29 is 13.2 Å². The third kappa shape index (κ3) is 5.10. The van der Waals surface area contributed by atoms with E-state index in [0.717, 1.165) is 22.5 Å². The number of para-hydroxylation sites is 1. The molecular weight excluding hydrogens is 412 g/mol. The molecule has 1 aliphatic rings. The SMILES string of the molecule is O=C(/C=C\c1cn(-c2ccccc2)nc1-c1ccccc1)NCCN1CCCS1(=O)=O. The van der Waals surface area contributed by atoms with Crippen LogP contribution < -0.4 is 5.32 Å². The van der Waals surface area contributed by atoms with Crippen molar-refractivity contribution in [2.24, 2.45) is 0 Å². The van der Waals surface area contributed by atoms with Gasteiger partial charge in [-0.25, -0.2) is 17.4 Å². The lowest BCUT2D eigenvalue weighted by atomic mass is 10.1. The summed E-state index contributed by atoms with van der Waals surface area (Å²) in [5.41, 5.74) is 3.47. The fourth-order valence-corrected chi connectivity index (χ4v) is 5.04. The average molecular weight is 437 g/mol. The van der Waals surface area contributed by atoms with E-state index in [4.69, 9.17) is 5.10 Å². The van der Waals surface area contributed by atoms with Gasteiger partial charge < -0.3 is 5.32 Å². The van der Waals surface area contributed by atoms with Crippen molar-refractivity contribution in [3.63, 3.8) is 0 Å². The number of aromatic nitrogens is 2. The van der Waals surface area contributed by atoms with Gasteiger partial charge in [-0.2, -0.15) is 5.10 Å². The largest absolute Gasteiger partial charge is 0.351 e. The maximum Gasteiger partial charge on any atom is 0.244 e. The number of rotatable bonds is 7. The fraction of sp³-hybridized carbons (Fsp3) is 0.217. The Morgan fingerprint density at radius 2 is 1.77 bits per heavy atom. The van der Waals surface area contributed by atoms with Gasteiger partial charge in [0.25, 0.3) is 0 Å². The van der Waals surface area contributed by atoms with Gasteiger partial charge in [0.1, 0.15) is 0 Å². The van der Waals surface area contributed by atoms with Crippen LogP contribution in [0.3, 0.4) is 0 Å². The van der Waals surface area contributed by atoms with E-state index >= 15 is 0 Å². The summed E-state index contributed by atoms with van der Waals surface area (Å²) in [5.74, 6) is -0.0859. The molecule has 4 rings (SSSR count). The lowest BCUT2D eigenvalue weighted by molar-refractivity contribution is -0.116. The highest BCUT2D eigenvalue weighted by Crippen LogP contribution is 2.24. The van der Waals surface area contributed by atoms with Crippen LogP contribution in [-0.4, -0.2) is 53.8 Å². The first-order valence-electron chi connectivity index (χ1n) is 10.2. The molecule has 1 aromatic heterocycles. The Balaban J connectivity index is 1.48. The van der Waals surface area contributed by atoms with Crippen molar-refractivity contribution >= 4 is 22.0 Å². The van der Waals surface area contributed by atoms with Crippen LogP contribution in [0.4, 0.5) is 0 Å². The summed E-state index contributed by atoms with van der Waals surface area (Å²) < 4.78 is 26.9. The van der Waals surface area contributed by atoms with Crippen LogP contribution in [0.1, 0.15) is 12.0 Å². The van der Waals surface area contributed by atoms with Gasteiger partial charge in [-0.3, -0.25) is 4.79 Å². The Kier molecular flexibility index (Phi) is 6.29. The molecule has 1 amide bonds. The minimum Gasteiger partial charge on any atom is -0.351 e. The van der Waals surface area contributed by atoms with Crippen LogP contribution in [0.15, 0.2) is 72.9 Å². The average Bonchev–Trinajstić information content (AvgIpc) is 3.36. The normalized spacial score (nSPS) is 16.0. The molecule has 0 bridgehead atoms. The van der Waals surface area contributed by atoms with Crippen LogP contribution in [0.5, 0.6) is 0 Å². The number of sulfonamides is 1. The number of nitrogens with zero attached hydrogens (tertiary/aromatic N) is 3. The Bertz CT molecular complexity index is 1170. The van der Waals surface area contributed by atoms with E-state index in [-0.39, 0.29) is 18.2 Å². The number of benzene rings is 2. The zero-order chi connectivity index (χ0) is 21.7. The summed E-state index contributed by atoms with van der Waals surface area (Å²) in [6.07, 6.45) is 5.72. The highest BCUT2D eigenvalue weighted by molar-refractivity contribution is 7.89. The number of carbonyl (C=O) groups is 1. The molecule has 0 saturated carbocycles. The third-order valence-corrected chi connectivity index (χ3v) is 7.04. The van der Waals surface area contributed by atoms with E-state index in [2.05, 4.69) is 5.32 Å². The molecule has 31 heavy (non-hydrogen) atoms. The number of amides is 1. The smallest absolute Gasteiger partial charge is 0.244 e. The molecule has 2 aromatic carbocycles. The molecule has 0 atom stereocenters. The molecule has 8 heteroatoms. The van der Waals surface area contributed by atoms with Crippen molar-refractivity contribution in [3.05, 3.63) is 78.5 Å². The van der Waals surface area contributed by atoms with Crippen LogP contribution >= 0.6 is 0 Å². The molecule has 1 saturated heterocycles. The van der Waals surface area contributed by atoms with Gasteiger partial charge in [0, 0.05) is 43.0 Å². The molecule has 1 N–H and O–H groups in total.